The molecule has 110 valence electrons. The Bertz CT molecular complexity index is 641. The summed E-state index contributed by atoms with van der Waals surface area (Å²) in [6.07, 6.45) is 0. The van der Waals surface area contributed by atoms with Gasteiger partial charge in [-0.1, -0.05) is 35.9 Å². The van der Waals surface area contributed by atoms with Crippen molar-refractivity contribution in [3.63, 3.8) is 0 Å². The van der Waals surface area contributed by atoms with Crippen LogP contribution in [0.1, 0.15) is 16.7 Å². The van der Waals surface area contributed by atoms with Gasteiger partial charge in [0.1, 0.15) is 0 Å². The number of nitro benzene ring substituents is 1. The molecule has 0 amide bonds. The van der Waals surface area contributed by atoms with Crippen LogP contribution in [0.25, 0.3) is 0 Å². The molecule has 21 heavy (non-hydrogen) atoms. The highest BCUT2D eigenvalue weighted by atomic mass is 19.1. The molecule has 0 aliphatic rings. The minimum atomic E-state index is -0.791. The standard InChI is InChI=1S/C16H17FN2O2/c1-12-3-5-13(6-4-12)10-18(2)11-14-7-8-16(19(20)21)15(17)9-14/h3-9H,10-11H2,1-2H3. The third-order valence-electron chi connectivity index (χ3n) is 3.23. The summed E-state index contributed by atoms with van der Waals surface area (Å²) >= 11 is 0. The monoisotopic (exact) mass is 288 g/mol. The summed E-state index contributed by atoms with van der Waals surface area (Å²) in [5.41, 5.74) is 2.61. The summed E-state index contributed by atoms with van der Waals surface area (Å²) in [6.45, 7) is 3.30. The third kappa shape index (κ3) is 4.10. The smallest absolute Gasteiger partial charge is 0.298 e. The van der Waals surface area contributed by atoms with Gasteiger partial charge in [0.25, 0.3) is 0 Å². The first kappa shape index (κ1) is 15.1. The molecular formula is C16H17FN2O2. The quantitative estimate of drug-likeness (QED) is 0.623. The number of aryl methyl sites for hydroxylation is 1. The van der Waals surface area contributed by atoms with E-state index >= 15 is 0 Å². The van der Waals surface area contributed by atoms with Gasteiger partial charge in [0.2, 0.25) is 5.82 Å². The van der Waals surface area contributed by atoms with Crippen molar-refractivity contribution in [3.05, 3.63) is 75.1 Å². The number of rotatable bonds is 5. The van der Waals surface area contributed by atoms with Crippen LogP contribution in [0, 0.1) is 22.9 Å². The largest absolute Gasteiger partial charge is 0.304 e. The van der Waals surface area contributed by atoms with E-state index in [0.29, 0.717) is 12.1 Å². The predicted molar refractivity (Wildman–Crippen MR) is 79.4 cm³/mol. The molecule has 0 N–H and O–H groups in total. The van der Waals surface area contributed by atoms with E-state index in [0.717, 1.165) is 6.54 Å². The van der Waals surface area contributed by atoms with Crippen molar-refractivity contribution in [2.75, 3.05) is 7.05 Å². The Hall–Kier alpha value is -2.27. The average molecular weight is 288 g/mol. The van der Waals surface area contributed by atoms with E-state index in [1.165, 1.54) is 23.3 Å². The fraction of sp³-hybridized carbons (Fsp3) is 0.250. The summed E-state index contributed by atoms with van der Waals surface area (Å²) < 4.78 is 13.6. The Kier molecular flexibility index (Phi) is 4.65. The highest BCUT2D eigenvalue weighted by Gasteiger charge is 2.14. The molecule has 0 atom stereocenters. The minimum Gasteiger partial charge on any atom is -0.298 e. The molecule has 0 saturated carbocycles. The molecule has 0 fully saturated rings. The molecule has 2 aromatic carbocycles. The first-order valence-electron chi connectivity index (χ1n) is 6.62. The van der Waals surface area contributed by atoms with Crippen molar-refractivity contribution in [3.8, 4) is 0 Å². The van der Waals surface area contributed by atoms with E-state index in [9.17, 15) is 14.5 Å². The van der Waals surface area contributed by atoms with Gasteiger partial charge in [-0.25, -0.2) is 0 Å². The molecule has 0 saturated heterocycles. The normalized spacial score (nSPS) is 10.9. The second-order valence-electron chi connectivity index (χ2n) is 5.20. The van der Waals surface area contributed by atoms with Gasteiger partial charge >= 0.3 is 5.69 Å². The zero-order chi connectivity index (χ0) is 15.4. The van der Waals surface area contributed by atoms with Crippen LogP contribution < -0.4 is 0 Å². The van der Waals surface area contributed by atoms with E-state index in [4.69, 9.17) is 0 Å². The lowest BCUT2D eigenvalue weighted by Crippen LogP contribution is -2.17. The third-order valence-corrected chi connectivity index (χ3v) is 3.23. The van der Waals surface area contributed by atoms with E-state index in [-0.39, 0.29) is 0 Å². The summed E-state index contributed by atoms with van der Waals surface area (Å²) in [7, 11) is 1.93. The Morgan fingerprint density at radius 3 is 2.24 bits per heavy atom. The second kappa shape index (κ2) is 6.45. The van der Waals surface area contributed by atoms with E-state index in [2.05, 4.69) is 24.3 Å². The lowest BCUT2D eigenvalue weighted by atomic mass is 10.1. The number of nitro groups is 1. The van der Waals surface area contributed by atoms with Crippen LogP contribution in [0.5, 0.6) is 0 Å². The predicted octanol–water partition coefficient (Wildman–Crippen LogP) is 3.67. The van der Waals surface area contributed by atoms with Crippen LogP contribution in [0.3, 0.4) is 0 Å². The molecule has 0 aliphatic heterocycles. The van der Waals surface area contributed by atoms with Crippen LogP contribution in [-0.2, 0) is 13.1 Å². The Balaban J connectivity index is 2.02. The van der Waals surface area contributed by atoms with Crippen molar-refractivity contribution >= 4 is 5.69 Å². The lowest BCUT2D eigenvalue weighted by Gasteiger charge is -2.17. The van der Waals surface area contributed by atoms with Crippen LogP contribution in [0.15, 0.2) is 42.5 Å². The first-order chi connectivity index (χ1) is 9.95. The Labute approximate surface area is 123 Å². The lowest BCUT2D eigenvalue weighted by molar-refractivity contribution is -0.387. The van der Waals surface area contributed by atoms with Crippen molar-refractivity contribution < 1.29 is 9.31 Å². The molecular weight excluding hydrogens is 271 g/mol. The van der Waals surface area contributed by atoms with Crippen molar-refractivity contribution in [1.29, 1.82) is 0 Å². The Morgan fingerprint density at radius 1 is 1.10 bits per heavy atom. The molecule has 0 bridgehead atoms. The maximum atomic E-state index is 13.6. The maximum Gasteiger partial charge on any atom is 0.304 e. The van der Waals surface area contributed by atoms with Gasteiger partial charge in [-0.3, -0.25) is 15.0 Å². The van der Waals surface area contributed by atoms with Crippen LogP contribution in [-0.4, -0.2) is 16.9 Å². The number of nitrogens with zero attached hydrogens (tertiary/aromatic N) is 2. The van der Waals surface area contributed by atoms with E-state index in [1.807, 2.05) is 18.9 Å². The highest BCUT2D eigenvalue weighted by Crippen LogP contribution is 2.19. The summed E-state index contributed by atoms with van der Waals surface area (Å²) in [5.74, 6) is -0.791. The molecule has 0 radical (unpaired) electrons. The van der Waals surface area contributed by atoms with Gasteiger partial charge in [-0.2, -0.15) is 4.39 Å². The van der Waals surface area contributed by atoms with Crippen molar-refractivity contribution in [2.24, 2.45) is 0 Å². The zero-order valence-electron chi connectivity index (χ0n) is 12.0. The molecule has 0 aliphatic carbocycles. The fourth-order valence-electron chi connectivity index (χ4n) is 2.17. The van der Waals surface area contributed by atoms with Crippen LogP contribution in [0.4, 0.5) is 10.1 Å². The molecule has 2 aromatic rings. The van der Waals surface area contributed by atoms with E-state index < -0.39 is 16.4 Å². The molecule has 0 spiro atoms. The zero-order valence-corrected chi connectivity index (χ0v) is 12.0. The molecule has 4 nitrogen and oxygen atoms in total. The topological polar surface area (TPSA) is 46.4 Å². The van der Waals surface area contributed by atoms with Crippen molar-refractivity contribution in [2.45, 2.75) is 20.0 Å². The van der Waals surface area contributed by atoms with Crippen LogP contribution in [0.2, 0.25) is 0 Å². The number of halogens is 1. The molecule has 5 heteroatoms. The summed E-state index contributed by atoms with van der Waals surface area (Å²) in [4.78, 5) is 11.9. The van der Waals surface area contributed by atoms with Gasteiger partial charge < -0.3 is 0 Å². The second-order valence-corrected chi connectivity index (χ2v) is 5.20. The van der Waals surface area contributed by atoms with Crippen LogP contribution >= 0.6 is 0 Å². The number of hydrogen-bond acceptors (Lipinski definition) is 3. The summed E-state index contributed by atoms with van der Waals surface area (Å²) in [6, 6.07) is 12.2. The molecule has 0 aromatic heterocycles. The van der Waals surface area contributed by atoms with Gasteiger partial charge in [0, 0.05) is 19.2 Å². The van der Waals surface area contributed by atoms with Gasteiger partial charge in [0.15, 0.2) is 0 Å². The SMILES string of the molecule is Cc1ccc(CN(C)Cc2ccc([N+](=O)[O-])c(F)c2)cc1. The average Bonchev–Trinajstić information content (AvgIpc) is 2.41. The number of hydrogen-bond donors (Lipinski definition) is 0. The maximum absolute atomic E-state index is 13.6. The van der Waals surface area contributed by atoms with Gasteiger partial charge in [-0.05, 0) is 31.2 Å². The van der Waals surface area contributed by atoms with Gasteiger partial charge in [-0.15, -0.1) is 0 Å². The summed E-state index contributed by atoms with van der Waals surface area (Å²) in [5, 5.41) is 10.6. The molecule has 0 heterocycles. The number of benzene rings is 2. The minimum absolute atomic E-state index is 0.486. The Morgan fingerprint density at radius 2 is 1.67 bits per heavy atom. The first-order valence-corrected chi connectivity index (χ1v) is 6.62. The van der Waals surface area contributed by atoms with Gasteiger partial charge in [0.05, 0.1) is 4.92 Å². The fourth-order valence-corrected chi connectivity index (χ4v) is 2.17. The van der Waals surface area contributed by atoms with E-state index in [1.54, 1.807) is 6.07 Å². The van der Waals surface area contributed by atoms with Crippen molar-refractivity contribution in [1.82, 2.24) is 4.90 Å². The molecule has 0 unspecified atom stereocenters. The highest BCUT2D eigenvalue weighted by molar-refractivity contribution is 5.35. The molecule has 2 rings (SSSR count).